The molecule has 28 heavy (non-hydrogen) atoms. The summed E-state index contributed by atoms with van der Waals surface area (Å²) in [6, 6.07) is 7.17. The Kier molecular flexibility index (Phi) is 6.51. The second-order valence-electron chi connectivity index (χ2n) is 7.04. The number of benzene rings is 1. The predicted octanol–water partition coefficient (Wildman–Crippen LogP) is 2.36. The molecule has 1 fully saturated rings. The molecule has 1 amide bonds. The minimum Gasteiger partial charge on any atom is -0.497 e. The molecule has 1 unspecified atom stereocenters. The Hall–Kier alpha value is -2.61. The summed E-state index contributed by atoms with van der Waals surface area (Å²) in [6.45, 7) is 3.54. The van der Waals surface area contributed by atoms with Gasteiger partial charge in [-0.2, -0.15) is 4.98 Å². The number of carbonyl (C=O) groups is 1. The van der Waals surface area contributed by atoms with Crippen LogP contribution in [-0.2, 0) is 14.9 Å². The lowest BCUT2D eigenvalue weighted by molar-refractivity contribution is -0.136. The summed E-state index contributed by atoms with van der Waals surface area (Å²) in [5, 5.41) is 4.15. The SMILES string of the molecule is COCCC1(c2noc(C)n2)CCCN(C(=O)COc2ccc(OC)cc2)C1. The van der Waals surface area contributed by atoms with Crippen molar-refractivity contribution in [3.05, 3.63) is 36.0 Å². The number of aryl methyl sites for hydroxylation is 1. The van der Waals surface area contributed by atoms with E-state index in [4.69, 9.17) is 18.7 Å². The minimum atomic E-state index is -0.359. The summed E-state index contributed by atoms with van der Waals surface area (Å²) in [5.41, 5.74) is -0.359. The van der Waals surface area contributed by atoms with E-state index in [1.807, 2.05) is 4.90 Å². The molecule has 152 valence electrons. The average molecular weight is 389 g/mol. The number of ether oxygens (including phenoxy) is 3. The number of nitrogens with zero attached hydrogens (tertiary/aromatic N) is 3. The van der Waals surface area contributed by atoms with Gasteiger partial charge in [-0.3, -0.25) is 4.79 Å². The Balaban J connectivity index is 1.66. The number of carbonyl (C=O) groups excluding carboxylic acids is 1. The quantitative estimate of drug-likeness (QED) is 0.685. The van der Waals surface area contributed by atoms with E-state index < -0.39 is 0 Å². The van der Waals surface area contributed by atoms with E-state index in [0.29, 0.717) is 37.2 Å². The molecule has 1 atom stereocenters. The largest absolute Gasteiger partial charge is 0.497 e. The molecule has 1 aromatic carbocycles. The molecule has 1 aliphatic heterocycles. The maximum absolute atomic E-state index is 12.8. The smallest absolute Gasteiger partial charge is 0.260 e. The molecular weight excluding hydrogens is 362 g/mol. The summed E-state index contributed by atoms with van der Waals surface area (Å²) in [6.07, 6.45) is 2.48. The van der Waals surface area contributed by atoms with Crippen LogP contribution in [0.5, 0.6) is 11.5 Å². The first kappa shape index (κ1) is 20.1. The molecule has 1 aliphatic rings. The molecule has 0 N–H and O–H groups in total. The van der Waals surface area contributed by atoms with Crippen molar-refractivity contribution >= 4 is 5.91 Å². The van der Waals surface area contributed by atoms with Crippen LogP contribution in [0.15, 0.2) is 28.8 Å². The third kappa shape index (κ3) is 4.62. The molecule has 0 spiro atoms. The number of methoxy groups -OCH3 is 2. The molecule has 1 aromatic heterocycles. The van der Waals surface area contributed by atoms with Crippen LogP contribution in [0.3, 0.4) is 0 Å². The summed E-state index contributed by atoms with van der Waals surface area (Å²) in [5.74, 6) is 2.49. The van der Waals surface area contributed by atoms with E-state index in [-0.39, 0.29) is 17.9 Å². The summed E-state index contributed by atoms with van der Waals surface area (Å²) < 4.78 is 21.3. The van der Waals surface area contributed by atoms with Gasteiger partial charge in [-0.15, -0.1) is 0 Å². The highest BCUT2D eigenvalue weighted by Crippen LogP contribution is 2.36. The molecule has 8 heteroatoms. The summed E-state index contributed by atoms with van der Waals surface area (Å²) in [7, 11) is 3.28. The lowest BCUT2D eigenvalue weighted by Crippen LogP contribution is -2.50. The zero-order valence-corrected chi connectivity index (χ0v) is 16.6. The van der Waals surface area contributed by atoms with Crippen LogP contribution < -0.4 is 9.47 Å². The number of hydrogen-bond donors (Lipinski definition) is 0. The van der Waals surface area contributed by atoms with Gasteiger partial charge in [0.15, 0.2) is 12.4 Å². The second kappa shape index (κ2) is 9.05. The molecule has 0 saturated carbocycles. The van der Waals surface area contributed by atoms with E-state index >= 15 is 0 Å². The fourth-order valence-electron chi connectivity index (χ4n) is 3.56. The molecule has 2 heterocycles. The van der Waals surface area contributed by atoms with Gasteiger partial charge < -0.3 is 23.6 Å². The fourth-order valence-corrected chi connectivity index (χ4v) is 3.56. The first-order chi connectivity index (χ1) is 13.6. The number of rotatable bonds is 8. The zero-order valence-electron chi connectivity index (χ0n) is 16.6. The minimum absolute atomic E-state index is 0.0159. The summed E-state index contributed by atoms with van der Waals surface area (Å²) >= 11 is 0. The van der Waals surface area contributed by atoms with Crippen LogP contribution >= 0.6 is 0 Å². The van der Waals surface area contributed by atoms with Gasteiger partial charge in [-0.05, 0) is 43.5 Å². The Morgan fingerprint density at radius 1 is 1.25 bits per heavy atom. The van der Waals surface area contributed by atoms with Crippen molar-refractivity contribution in [2.45, 2.75) is 31.6 Å². The van der Waals surface area contributed by atoms with E-state index in [0.717, 1.165) is 25.0 Å². The van der Waals surface area contributed by atoms with Crippen molar-refractivity contribution in [3.63, 3.8) is 0 Å². The van der Waals surface area contributed by atoms with Gasteiger partial charge in [0.25, 0.3) is 5.91 Å². The molecule has 0 aliphatic carbocycles. The Morgan fingerprint density at radius 3 is 2.64 bits per heavy atom. The lowest BCUT2D eigenvalue weighted by Gasteiger charge is -2.40. The Morgan fingerprint density at radius 2 is 2.00 bits per heavy atom. The highest BCUT2D eigenvalue weighted by Gasteiger charge is 2.42. The van der Waals surface area contributed by atoms with Gasteiger partial charge >= 0.3 is 0 Å². The van der Waals surface area contributed by atoms with E-state index in [1.54, 1.807) is 45.4 Å². The molecule has 3 rings (SSSR count). The molecule has 0 radical (unpaired) electrons. The number of likely N-dealkylation sites (tertiary alicyclic amines) is 1. The zero-order chi connectivity index (χ0) is 20.0. The average Bonchev–Trinajstić information content (AvgIpc) is 3.18. The van der Waals surface area contributed by atoms with Crippen molar-refractivity contribution in [1.29, 1.82) is 0 Å². The number of aromatic nitrogens is 2. The van der Waals surface area contributed by atoms with E-state index in [1.165, 1.54) is 0 Å². The number of hydrogen-bond acceptors (Lipinski definition) is 7. The van der Waals surface area contributed by atoms with Gasteiger partial charge in [0, 0.05) is 33.7 Å². The third-order valence-corrected chi connectivity index (χ3v) is 5.14. The van der Waals surface area contributed by atoms with Gasteiger partial charge in [0.1, 0.15) is 11.5 Å². The van der Waals surface area contributed by atoms with Crippen LogP contribution in [0.25, 0.3) is 0 Å². The van der Waals surface area contributed by atoms with Crippen LogP contribution in [0.4, 0.5) is 0 Å². The first-order valence-corrected chi connectivity index (χ1v) is 9.41. The summed E-state index contributed by atoms with van der Waals surface area (Å²) in [4.78, 5) is 19.0. The van der Waals surface area contributed by atoms with Crippen LogP contribution in [0.2, 0.25) is 0 Å². The predicted molar refractivity (Wildman–Crippen MR) is 102 cm³/mol. The highest BCUT2D eigenvalue weighted by molar-refractivity contribution is 5.78. The maximum Gasteiger partial charge on any atom is 0.260 e. The number of piperidine rings is 1. The van der Waals surface area contributed by atoms with Crippen LogP contribution in [-0.4, -0.2) is 61.5 Å². The highest BCUT2D eigenvalue weighted by atomic mass is 16.5. The molecular formula is C20H27N3O5. The molecule has 2 aromatic rings. The molecule has 0 bridgehead atoms. The second-order valence-corrected chi connectivity index (χ2v) is 7.04. The van der Waals surface area contributed by atoms with Crippen LogP contribution in [0.1, 0.15) is 31.0 Å². The third-order valence-electron chi connectivity index (χ3n) is 5.14. The Bertz CT molecular complexity index is 776. The van der Waals surface area contributed by atoms with Gasteiger partial charge in [0.2, 0.25) is 5.89 Å². The van der Waals surface area contributed by atoms with Crippen molar-refractivity contribution in [2.75, 3.05) is 40.5 Å². The normalized spacial score (nSPS) is 19.5. The van der Waals surface area contributed by atoms with Crippen LogP contribution in [0, 0.1) is 6.92 Å². The van der Waals surface area contributed by atoms with Gasteiger partial charge in [0.05, 0.1) is 12.5 Å². The molecule has 8 nitrogen and oxygen atoms in total. The van der Waals surface area contributed by atoms with Gasteiger partial charge in [-0.25, -0.2) is 0 Å². The first-order valence-electron chi connectivity index (χ1n) is 9.41. The van der Waals surface area contributed by atoms with E-state index in [2.05, 4.69) is 10.1 Å². The van der Waals surface area contributed by atoms with E-state index in [9.17, 15) is 4.79 Å². The topological polar surface area (TPSA) is 86.9 Å². The lowest BCUT2D eigenvalue weighted by atomic mass is 9.76. The van der Waals surface area contributed by atoms with Crippen molar-refractivity contribution in [2.24, 2.45) is 0 Å². The monoisotopic (exact) mass is 389 g/mol. The molecule has 1 saturated heterocycles. The standard InChI is InChI=1S/C20H27N3O5/c1-15-21-19(22-28-15)20(10-12-25-2)9-4-11-23(14-20)18(24)13-27-17-7-5-16(26-3)6-8-17/h5-8H,4,9-14H2,1-3H3. The van der Waals surface area contributed by atoms with Crippen molar-refractivity contribution in [1.82, 2.24) is 15.0 Å². The van der Waals surface area contributed by atoms with Gasteiger partial charge in [-0.1, -0.05) is 5.16 Å². The van der Waals surface area contributed by atoms with Crippen molar-refractivity contribution < 1.29 is 23.5 Å². The number of amides is 1. The Labute approximate surface area is 164 Å². The maximum atomic E-state index is 12.8. The fraction of sp³-hybridized carbons (Fsp3) is 0.550. The van der Waals surface area contributed by atoms with Crippen molar-refractivity contribution in [3.8, 4) is 11.5 Å².